The summed E-state index contributed by atoms with van der Waals surface area (Å²) in [6.45, 7) is 7.76. The molecule has 3 heterocycles. The molecule has 2 aromatic heterocycles. The Morgan fingerprint density at radius 2 is 2.33 bits per heavy atom. The lowest BCUT2D eigenvalue weighted by atomic mass is 9.95. The van der Waals surface area contributed by atoms with E-state index in [1.54, 1.807) is 6.08 Å². The maximum Gasteiger partial charge on any atom is 0.311 e. The molecule has 0 bridgehead atoms. The van der Waals surface area contributed by atoms with Gasteiger partial charge in [0.1, 0.15) is 10.9 Å². The van der Waals surface area contributed by atoms with Gasteiger partial charge in [0.2, 0.25) is 5.95 Å². The highest BCUT2D eigenvalue weighted by atomic mass is 32.1. The van der Waals surface area contributed by atoms with Gasteiger partial charge < -0.3 is 20.3 Å². The van der Waals surface area contributed by atoms with Crippen molar-refractivity contribution in [3.05, 3.63) is 32.7 Å². The van der Waals surface area contributed by atoms with Crippen molar-refractivity contribution in [2.45, 2.75) is 51.2 Å². The second-order valence-electron chi connectivity index (χ2n) is 6.61. The third-order valence-corrected chi connectivity index (χ3v) is 5.80. The molecule has 0 aromatic carbocycles. The van der Waals surface area contributed by atoms with Gasteiger partial charge in [0.15, 0.2) is 5.65 Å². The van der Waals surface area contributed by atoms with Gasteiger partial charge in [0.05, 0.1) is 24.9 Å². The van der Waals surface area contributed by atoms with Crippen LogP contribution in [0.5, 0.6) is 0 Å². The first kappa shape index (κ1) is 19.7. The van der Waals surface area contributed by atoms with Gasteiger partial charge in [0.25, 0.3) is 5.56 Å². The average Bonchev–Trinajstić information content (AvgIpc) is 3.20. The summed E-state index contributed by atoms with van der Waals surface area (Å²) >= 11 is 0.794. The van der Waals surface area contributed by atoms with Gasteiger partial charge in [-0.3, -0.25) is 19.1 Å². The lowest BCUT2D eigenvalue weighted by Gasteiger charge is -2.25. The van der Waals surface area contributed by atoms with Crippen LogP contribution < -0.4 is 16.2 Å². The molecule has 1 saturated heterocycles. The number of aromatic nitrogens is 3. The number of aliphatic hydroxyl groups is 1. The van der Waals surface area contributed by atoms with E-state index >= 15 is 0 Å². The van der Waals surface area contributed by atoms with E-state index in [9.17, 15) is 14.7 Å². The van der Waals surface area contributed by atoms with Crippen molar-refractivity contribution in [1.82, 2.24) is 14.5 Å². The number of nitrogens with two attached hydrogens (primary N) is 1. The van der Waals surface area contributed by atoms with Gasteiger partial charge in [0, 0.05) is 5.92 Å². The Morgan fingerprint density at radius 1 is 1.59 bits per heavy atom. The minimum atomic E-state index is -0.717. The molecule has 0 radical (unpaired) electrons. The number of nitrogens with one attached hydrogen (secondary N) is 1. The van der Waals surface area contributed by atoms with Crippen LogP contribution in [-0.2, 0) is 9.47 Å². The third kappa shape index (κ3) is 3.70. The zero-order valence-corrected chi connectivity index (χ0v) is 16.1. The monoisotopic (exact) mass is 396 g/mol. The fraction of sp³-hybridized carbons (Fsp3) is 0.588. The van der Waals surface area contributed by atoms with Crippen molar-refractivity contribution < 1.29 is 14.6 Å². The molecule has 3 rings (SSSR count). The first-order valence-electron chi connectivity index (χ1n) is 8.84. The molecule has 1 aliphatic rings. The van der Waals surface area contributed by atoms with Crippen LogP contribution in [0.15, 0.2) is 22.2 Å². The number of nitrogen functional groups attached to an aromatic ring is 1. The number of H-pyrrole nitrogens is 1. The van der Waals surface area contributed by atoms with Crippen molar-refractivity contribution >= 4 is 27.6 Å². The van der Waals surface area contributed by atoms with Gasteiger partial charge in [-0.05, 0) is 19.8 Å². The molecule has 0 aliphatic carbocycles. The molecule has 1 aliphatic heterocycles. The number of nitrogens with zero attached hydrogens (tertiary/aromatic N) is 2. The smallest absolute Gasteiger partial charge is 0.311 e. The van der Waals surface area contributed by atoms with Crippen molar-refractivity contribution in [2.75, 3.05) is 12.3 Å². The van der Waals surface area contributed by atoms with E-state index in [1.165, 1.54) is 4.57 Å². The number of aromatic amines is 1. The summed E-state index contributed by atoms with van der Waals surface area (Å²) in [4.78, 5) is 31.0. The number of hydrogen-bond donors (Lipinski definition) is 3. The first-order valence-corrected chi connectivity index (χ1v) is 9.65. The Balaban J connectivity index is 2.07. The highest BCUT2D eigenvalue weighted by Gasteiger charge is 2.43. The summed E-state index contributed by atoms with van der Waals surface area (Å²) in [5.41, 5.74) is 5.38. The molecule has 0 amide bonds. The molecule has 5 atom stereocenters. The fourth-order valence-corrected chi connectivity index (χ4v) is 4.26. The summed E-state index contributed by atoms with van der Waals surface area (Å²) in [6.07, 6.45) is 0.603. The Labute approximate surface area is 159 Å². The van der Waals surface area contributed by atoms with Crippen molar-refractivity contribution in [3.8, 4) is 0 Å². The van der Waals surface area contributed by atoms with Crippen molar-refractivity contribution in [3.63, 3.8) is 0 Å². The van der Waals surface area contributed by atoms with E-state index in [-0.39, 0.29) is 33.2 Å². The summed E-state index contributed by atoms with van der Waals surface area (Å²) < 4.78 is 13.4. The molecule has 4 N–H and O–H groups in total. The average molecular weight is 396 g/mol. The second kappa shape index (κ2) is 7.93. The van der Waals surface area contributed by atoms with Crippen LogP contribution in [0.1, 0.15) is 32.9 Å². The minimum absolute atomic E-state index is 0.0744. The third-order valence-electron chi connectivity index (χ3n) is 4.86. The van der Waals surface area contributed by atoms with E-state index in [2.05, 4.69) is 16.5 Å². The Bertz CT molecular complexity index is 936. The van der Waals surface area contributed by atoms with Crippen LogP contribution in [0, 0.1) is 5.92 Å². The van der Waals surface area contributed by atoms with E-state index in [0.717, 1.165) is 11.3 Å². The normalized spacial score (nSPS) is 24.9. The number of ether oxygens (including phenoxy) is 2. The van der Waals surface area contributed by atoms with Gasteiger partial charge in [-0.25, -0.2) is 0 Å². The summed E-state index contributed by atoms with van der Waals surface area (Å²) in [6, 6.07) is 0. The predicted octanol–water partition coefficient (Wildman–Crippen LogP) is 0.994. The number of rotatable bonds is 7. The number of hydrogen-bond acceptors (Lipinski definition) is 8. The Morgan fingerprint density at radius 3 is 3.00 bits per heavy atom. The number of aliphatic hydroxyl groups excluding tert-OH is 1. The van der Waals surface area contributed by atoms with Crippen LogP contribution in [0.25, 0.3) is 10.3 Å². The molecule has 10 heteroatoms. The molecule has 2 unspecified atom stereocenters. The van der Waals surface area contributed by atoms with Crippen molar-refractivity contribution in [1.29, 1.82) is 0 Å². The zero-order valence-electron chi connectivity index (χ0n) is 15.3. The molecule has 148 valence electrons. The molecular formula is C17H24N4O5S. The lowest BCUT2D eigenvalue weighted by Crippen LogP contribution is -2.31. The highest BCUT2D eigenvalue weighted by Crippen LogP contribution is 2.40. The van der Waals surface area contributed by atoms with Gasteiger partial charge in [-0.1, -0.05) is 24.3 Å². The zero-order chi connectivity index (χ0) is 19.7. The van der Waals surface area contributed by atoms with Crippen LogP contribution >= 0.6 is 11.3 Å². The minimum Gasteiger partial charge on any atom is -0.390 e. The topological polar surface area (TPSA) is 132 Å². The second-order valence-corrected chi connectivity index (χ2v) is 7.57. The SMILES string of the molecule is C=CCOC(C)[C@@H]1C[C@@H](C(O)CC)O[C@H]1n1c(=O)sc2c(=O)[nH]c(N)nc21. The Hall–Kier alpha value is -2.01. The molecule has 0 saturated carbocycles. The molecule has 9 nitrogen and oxygen atoms in total. The molecule has 2 aromatic rings. The first-order chi connectivity index (χ1) is 12.9. The molecule has 0 spiro atoms. The molecule has 1 fully saturated rings. The largest absolute Gasteiger partial charge is 0.390 e. The number of anilines is 1. The fourth-order valence-electron chi connectivity index (χ4n) is 3.42. The van der Waals surface area contributed by atoms with E-state index < -0.39 is 24.0 Å². The van der Waals surface area contributed by atoms with E-state index in [4.69, 9.17) is 15.2 Å². The number of fused-ring (bicyclic) bond motifs is 1. The maximum atomic E-state index is 12.7. The van der Waals surface area contributed by atoms with E-state index in [1.807, 2.05) is 13.8 Å². The van der Waals surface area contributed by atoms with Crippen LogP contribution in [0.2, 0.25) is 0 Å². The van der Waals surface area contributed by atoms with Crippen LogP contribution in [0.4, 0.5) is 5.95 Å². The predicted molar refractivity (Wildman–Crippen MR) is 103 cm³/mol. The summed E-state index contributed by atoms with van der Waals surface area (Å²) in [5, 5.41) is 10.3. The van der Waals surface area contributed by atoms with E-state index in [0.29, 0.717) is 19.4 Å². The van der Waals surface area contributed by atoms with Crippen LogP contribution in [0.3, 0.4) is 0 Å². The van der Waals surface area contributed by atoms with Crippen LogP contribution in [-0.4, -0.2) is 44.6 Å². The molecular weight excluding hydrogens is 372 g/mol. The summed E-state index contributed by atoms with van der Waals surface area (Å²) in [7, 11) is 0. The summed E-state index contributed by atoms with van der Waals surface area (Å²) in [5.74, 6) is -0.288. The lowest BCUT2D eigenvalue weighted by molar-refractivity contribution is -0.0783. The van der Waals surface area contributed by atoms with Gasteiger partial charge in [-0.2, -0.15) is 4.98 Å². The maximum absolute atomic E-state index is 12.7. The van der Waals surface area contributed by atoms with Crippen molar-refractivity contribution in [2.24, 2.45) is 5.92 Å². The number of thiazole rings is 1. The Kier molecular flexibility index (Phi) is 5.80. The standard InChI is InChI=1S/C17H24N4O5S/c1-4-6-25-8(3)9-7-11(10(22)5-2)26-15(9)21-13-12(27-17(21)24)14(23)20-16(18)19-13/h4,8-11,15,22H,1,5-7H2,2-3H3,(H3,18,19,20,23)/t8?,9-,10?,11-,15+/m0/s1. The van der Waals surface area contributed by atoms with Gasteiger partial charge >= 0.3 is 4.87 Å². The highest BCUT2D eigenvalue weighted by molar-refractivity contribution is 7.16. The quantitative estimate of drug-likeness (QED) is 0.595. The van der Waals surface area contributed by atoms with Gasteiger partial charge in [-0.15, -0.1) is 6.58 Å². The molecule has 27 heavy (non-hydrogen) atoms.